The molecule has 4 aromatic rings. The Labute approximate surface area is 521 Å². The van der Waals surface area contributed by atoms with Gasteiger partial charge in [-0.1, -0.05) is 32.8 Å². The number of aromatic nitrogens is 4. The highest BCUT2D eigenvalue weighted by Crippen LogP contribution is 2.75. The number of hydrogen-bond donors (Lipinski definition) is 11. The van der Waals surface area contributed by atoms with Gasteiger partial charge in [-0.15, -0.1) is 0 Å². The van der Waals surface area contributed by atoms with Crippen molar-refractivity contribution in [2.45, 2.75) is 131 Å². The molecule has 0 saturated carbocycles. The Balaban J connectivity index is 0.801. The summed E-state index contributed by atoms with van der Waals surface area (Å²) in [5.41, 5.74) is 9.29. The van der Waals surface area contributed by atoms with E-state index in [4.69, 9.17) is 10.5 Å². The normalized spacial score (nSPS) is 22.7. The van der Waals surface area contributed by atoms with Crippen LogP contribution in [-0.4, -0.2) is 141 Å². The highest BCUT2D eigenvalue weighted by atomic mass is 32.2. The van der Waals surface area contributed by atoms with E-state index in [1.54, 1.807) is 12.1 Å². The van der Waals surface area contributed by atoms with Gasteiger partial charge in [-0.05, 0) is 88.4 Å². The minimum atomic E-state index is -6.52. The summed E-state index contributed by atoms with van der Waals surface area (Å²) in [7, 11) is -46.1. The fourth-order valence-electron chi connectivity index (χ4n) is 10.3. The van der Waals surface area contributed by atoms with Crippen molar-refractivity contribution in [3.05, 3.63) is 84.1 Å². The van der Waals surface area contributed by atoms with Gasteiger partial charge in [-0.2, -0.15) is 43.0 Å². The van der Waals surface area contributed by atoms with Crippen LogP contribution in [0.4, 0.5) is 17.2 Å². The Hall–Kier alpha value is -4.19. The van der Waals surface area contributed by atoms with Crippen LogP contribution in [0.5, 0.6) is 0 Å². The van der Waals surface area contributed by atoms with Crippen molar-refractivity contribution in [2.24, 2.45) is 0 Å². The quantitative estimate of drug-likeness (QED) is 0.0101. The number of phosphoric ester groups is 2. The second-order valence-corrected chi connectivity index (χ2v) is 33.9. The molecule has 91 heavy (non-hydrogen) atoms. The number of carbonyl (C=O) groups is 1. The molecule has 1 saturated heterocycles. The molecule has 0 bridgehead atoms. The summed E-state index contributed by atoms with van der Waals surface area (Å²) in [6.07, 6.45) is 7.22. The summed E-state index contributed by atoms with van der Waals surface area (Å²) in [5, 5.41) is 13.2. The van der Waals surface area contributed by atoms with E-state index in [1.807, 2.05) is 57.7 Å². The molecule has 506 valence electrons. The number of nitrogens with two attached hydrogens (primary N) is 1. The molecule has 6 unspecified atom stereocenters. The average molecular weight is 1440 g/mol. The number of imidazole rings is 1. The van der Waals surface area contributed by atoms with Gasteiger partial charge >= 0.3 is 46.9 Å². The molecule has 0 aliphatic carbocycles. The lowest BCUT2D eigenvalue weighted by atomic mass is 9.81. The van der Waals surface area contributed by atoms with Crippen LogP contribution in [0.3, 0.4) is 0 Å². The van der Waals surface area contributed by atoms with Crippen LogP contribution < -0.4 is 16.0 Å². The minimum absolute atomic E-state index is 0.0213. The van der Waals surface area contributed by atoms with Gasteiger partial charge in [0.25, 0.3) is 20.2 Å². The van der Waals surface area contributed by atoms with Gasteiger partial charge in [0.2, 0.25) is 11.6 Å². The van der Waals surface area contributed by atoms with E-state index in [9.17, 15) is 92.6 Å². The maximum Gasteiger partial charge on any atom is 0.490 e. The van der Waals surface area contributed by atoms with Crippen LogP contribution in [0.25, 0.3) is 11.2 Å². The minimum Gasteiger partial charge on any atom is -0.390 e. The second-order valence-electron chi connectivity index (χ2n) is 21.7. The van der Waals surface area contributed by atoms with Crippen molar-refractivity contribution < 1.29 is 133 Å². The van der Waals surface area contributed by atoms with E-state index >= 15 is 0 Å². The van der Waals surface area contributed by atoms with Gasteiger partial charge < -0.3 is 55.2 Å². The van der Waals surface area contributed by atoms with Crippen LogP contribution in [-0.2, 0) is 98.6 Å². The third kappa shape index (κ3) is 19.3. The van der Waals surface area contributed by atoms with Gasteiger partial charge in [0.15, 0.2) is 17.2 Å². The molecule has 12 N–H and O–H groups in total. The number of aliphatic hydroxyl groups excluding tert-OH is 1. The summed E-state index contributed by atoms with van der Waals surface area (Å²) in [5.74, 6) is -0.210. The summed E-state index contributed by atoms with van der Waals surface area (Å²) >= 11 is 0. The average Bonchev–Trinajstić information content (AvgIpc) is 1.61. The summed E-state index contributed by atoms with van der Waals surface area (Å²) in [6, 6.07) is 8.88. The number of fused-ring (bicyclic) bond motifs is 3. The van der Waals surface area contributed by atoms with Gasteiger partial charge in [0.05, 0.1) is 40.9 Å². The first-order valence-electron chi connectivity index (χ1n) is 27.4. The topological polar surface area (TPSA) is 532 Å². The van der Waals surface area contributed by atoms with Gasteiger partial charge in [-0.25, -0.2) is 42.3 Å². The SMILES string of the molecule is CCN1/C(=C/C=C/C2=[N+](CCCCCC(=O)NCCCCCCOP(=O)(O)OP(=O)(O)OP(=O)(O)OP(=O)(O)OP(=O)(O)OP(=O)(O)OC[C@H]3O[C@@H](n4cnc5c(N)ncnc54)C[C@@H]3O)c3ccc(S(=O)(=O)O)cc3C2(C)C)C(C)(C)c2cc(S(=O)(=O)O)ccc21. The maximum atomic E-state index is 12.7. The first-order valence-corrected chi connectivity index (χ1v) is 39.2. The number of amides is 1. The summed E-state index contributed by atoms with van der Waals surface area (Å²) in [4.78, 5) is 85.6. The molecule has 1 fully saturated rings. The third-order valence-electron chi connectivity index (χ3n) is 14.4. The number of allylic oxidation sites excluding steroid dienone is 4. The molecule has 1 amide bonds. The molecule has 5 heterocycles. The Morgan fingerprint density at radius 2 is 1.31 bits per heavy atom. The lowest BCUT2D eigenvalue weighted by molar-refractivity contribution is -0.438. The van der Waals surface area contributed by atoms with Crippen molar-refractivity contribution in [2.75, 3.05) is 43.5 Å². The van der Waals surface area contributed by atoms with Crippen LogP contribution in [0.1, 0.15) is 110 Å². The van der Waals surface area contributed by atoms with E-state index in [2.05, 4.69) is 55.4 Å². The van der Waals surface area contributed by atoms with Gasteiger partial charge in [0, 0.05) is 66.9 Å². The number of carbonyl (C=O) groups excluding carboxylic acids is 1. The van der Waals surface area contributed by atoms with Crippen molar-refractivity contribution in [3.8, 4) is 0 Å². The maximum absolute atomic E-state index is 12.7. The predicted molar refractivity (Wildman–Crippen MR) is 319 cm³/mol. The first kappa shape index (κ1) is 74.2. The molecular weight excluding hydrogens is 1370 g/mol. The number of benzene rings is 2. The van der Waals surface area contributed by atoms with Crippen LogP contribution >= 0.6 is 46.9 Å². The molecule has 2 aromatic heterocycles. The fourth-order valence-corrected chi connectivity index (χ4v) is 19.1. The molecule has 3 aliphatic rings. The smallest absolute Gasteiger partial charge is 0.390 e. The van der Waals surface area contributed by atoms with Crippen molar-refractivity contribution in [1.82, 2.24) is 24.8 Å². The molecule has 7 rings (SSSR count). The number of ether oxygens (including phenoxy) is 1. The standard InChI is InChI=1S/C47H68N8O28P6S2/c1-6-53-35-20-18-31(90(70,71)72)25-33(35)46(2,3)39(53)15-14-16-40-47(4,5)34-26-32(91(73,74)75)19-21-36(34)54(40)23-12-9-10-17-41(57)49-22-11-7-8-13-24-76-84(58,59)79-86(62,63)81-88(66,67)83-89(68,69)82-87(64,65)80-85(60,61)77-28-38-37(56)27-42(78-38)55-30-52-43-44(48)50-29-51-45(43)55/h14-16,18-21,25-26,29-30,37-38,42,56H,6-13,17,22-24,27-28H2,1-5H3,(H10-,48,49,50,51,57,58,59,60,61,62,63,64,65,66,67,68,69,70,71,72,73,74,75)/p+1/t37-,38+,42+/m0/s1. The van der Waals surface area contributed by atoms with Crippen LogP contribution in [0, 0.1) is 0 Å². The Morgan fingerprint density at radius 1 is 0.747 bits per heavy atom. The molecule has 0 radical (unpaired) electrons. The van der Waals surface area contributed by atoms with Crippen molar-refractivity contribution in [3.63, 3.8) is 0 Å². The number of phosphoric acid groups is 6. The Bertz CT molecular complexity index is 4060. The summed E-state index contributed by atoms with van der Waals surface area (Å²) in [6.45, 7) is 9.33. The number of unbranched alkanes of at least 4 members (excludes halogenated alkanes) is 5. The van der Waals surface area contributed by atoms with E-state index in [0.717, 1.165) is 29.1 Å². The molecule has 9 atom stereocenters. The molecule has 2 aromatic carbocycles. The largest absolute Gasteiger partial charge is 0.490 e. The highest BCUT2D eigenvalue weighted by Gasteiger charge is 2.51. The zero-order valence-electron chi connectivity index (χ0n) is 49.0. The van der Waals surface area contributed by atoms with Crippen LogP contribution in [0.15, 0.2) is 82.8 Å². The number of anilines is 2. The van der Waals surface area contributed by atoms with E-state index in [1.165, 1.54) is 35.2 Å². The molecular formula is C47H69N8O28P6S2+. The zero-order chi connectivity index (χ0) is 67.6. The van der Waals surface area contributed by atoms with E-state index in [-0.39, 0.29) is 58.5 Å². The molecule has 44 heteroatoms. The number of nitrogen functional groups attached to an aromatic ring is 1. The molecule has 36 nitrogen and oxygen atoms in total. The number of hydrogen-bond acceptors (Lipinski definition) is 25. The highest BCUT2D eigenvalue weighted by molar-refractivity contribution is 7.86. The third-order valence-corrected chi connectivity index (χ3v) is 25.4. The fraction of sp³-hybridized carbons (Fsp3) is 0.511. The lowest BCUT2D eigenvalue weighted by Gasteiger charge is -2.25. The predicted octanol–water partition coefficient (Wildman–Crippen LogP) is 6.84. The number of likely N-dealkylation sites (N-methyl/N-ethyl adjacent to an activating group) is 1. The molecule has 3 aliphatic heterocycles. The number of nitrogens with one attached hydrogen (secondary N) is 1. The lowest BCUT2D eigenvalue weighted by Crippen LogP contribution is -2.28. The second kappa shape index (κ2) is 28.6. The monoisotopic (exact) mass is 1440 g/mol. The number of nitrogens with zero attached hydrogens (tertiary/aromatic N) is 6. The Morgan fingerprint density at radius 3 is 1.91 bits per heavy atom. The van der Waals surface area contributed by atoms with Gasteiger partial charge in [0.1, 0.15) is 30.7 Å². The number of rotatable bonds is 33. The van der Waals surface area contributed by atoms with E-state index < -0.39 is 110 Å². The molecule has 0 spiro atoms. The Kier molecular flexibility index (Phi) is 23.4. The number of aliphatic hydroxyl groups is 1. The summed E-state index contributed by atoms with van der Waals surface area (Å²) < 4.78 is 179. The van der Waals surface area contributed by atoms with Crippen molar-refractivity contribution >= 4 is 107 Å². The van der Waals surface area contributed by atoms with Gasteiger partial charge in [-0.3, -0.25) is 27.5 Å². The van der Waals surface area contributed by atoms with Crippen molar-refractivity contribution in [1.29, 1.82) is 0 Å². The zero-order valence-corrected chi connectivity index (χ0v) is 56.0. The van der Waals surface area contributed by atoms with E-state index in [0.29, 0.717) is 62.7 Å². The van der Waals surface area contributed by atoms with Crippen LogP contribution in [0.2, 0.25) is 0 Å². The first-order chi connectivity index (χ1) is 42.0.